The molecule has 2 aromatic rings. The van der Waals surface area contributed by atoms with E-state index in [2.05, 4.69) is 20.6 Å². The van der Waals surface area contributed by atoms with Crippen LogP contribution in [-0.2, 0) is 6.54 Å². The summed E-state index contributed by atoms with van der Waals surface area (Å²) in [6, 6.07) is 4.94. The van der Waals surface area contributed by atoms with Crippen LogP contribution in [0.1, 0.15) is 5.82 Å². The summed E-state index contributed by atoms with van der Waals surface area (Å²) in [4.78, 5) is 8.22. The van der Waals surface area contributed by atoms with Crippen LogP contribution < -0.4 is 10.6 Å². The minimum Gasteiger partial charge on any atom is -0.338 e. The van der Waals surface area contributed by atoms with Gasteiger partial charge in [0.05, 0.1) is 12.2 Å². The van der Waals surface area contributed by atoms with Crippen molar-refractivity contribution in [3.8, 4) is 0 Å². The molecule has 1 aromatic carbocycles. The van der Waals surface area contributed by atoms with Crippen LogP contribution in [0.15, 0.2) is 30.5 Å². The van der Waals surface area contributed by atoms with Crippen LogP contribution in [0.3, 0.4) is 0 Å². The zero-order valence-electron chi connectivity index (χ0n) is 9.74. The van der Waals surface area contributed by atoms with Crippen molar-refractivity contribution in [1.82, 2.24) is 15.3 Å². The molecular weight excluding hydrogens is 238 g/mol. The standard InChI is InChI=1S/C12H12F2N4/c1-15-7-12-16-5-4-11(18-12)17-10-3-2-8(13)6-9(10)14/h2-6,15H,7H2,1H3,(H,16,17,18). The van der Waals surface area contributed by atoms with Crippen molar-refractivity contribution in [3.63, 3.8) is 0 Å². The summed E-state index contributed by atoms with van der Waals surface area (Å²) in [6.45, 7) is 0.515. The number of hydrogen-bond acceptors (Lipinski definition) is 4. The van der Waals surface area contributed by atoms with E-state index in [1.165, 1.54) is 12.1 Å². The van der Waals surface area contributed by atoms with E-state index in [1.807, 2.05) is 0 Å². The summed E-state index contributed by atoms with van der Waals surface area (Å²) in [5.41, 5.74) is 0.172. The first-order valence-electron chi connectivity index (χ1n) is 5.37. The Morgan fingerprint density at radius 1 is 1.22 bits per heavy atom. The Labute approximate surface area is 103 Å². The third-order valence-electron chi connectivity index (χ3n) is 2.23. The van der Waals surface area contributed by atoms with Crippen LogP contribution in [-0.4, -0.2) is 17.0 Å². The minimum atomic E-state index is -0.663. The first-order valence-corrected chi connectivity index (χ1v) is 5.37. The molecule has 0 saturated carbocycles. The first kappa shape index (κ1) is 12.4. The molecule has 1 aromatic heterocycles. The van der Waals surface area contributed by atoms with Crippen molar-refractivity contribution in [2.45, 2.75) is 6.54 Å². The average molecular weight is 250 g/mol. The highest BCUT2D eigenvalue weighted by atomic mass is 19.1. The summed E-state index contributed by atoms with van der Waals surface area (Å²) in [6.07, 6.45) is 1.57. The zero-order chi connectivity index (χ0) is 13.0. The summed E-state index contributed by atoms with van der Waals surface area (Å²) in [5, 5.41) is 5.70. The maximum absolute atomic E-state index is 13.4. The van der Waals surface area contributed by atoms with Gasteiger partial charge in [0.25, 0.3) is 0 Å². The van der Waals surface area contributed by atoms with Crippen molar-refractivity contribution in [2.24, 2.45) is 0 Å². The molecule has 4 nitrogen and oxygen atoms in total. The first-order chi connectivity index (χ1) is 8.69. The molecule has 2 N–H and O–H groups in total. The molecule has 0 atom stereocenters. The Hall–Kier alpha value is -2.08. The van der Waals surface area contributed by atoms with Crippen LogP contribution in [0.25, 0.3) is 0 Å². The largest absolute Gasteiger partial charge is 0.338 e. The maximum Gasteiger partial charge on any atom is 0.149 e. The maximum atomic E-state index is 13.4. The highest BCUT2D eigenvalue weighted by molar-refractivity contribution is 5.56. The van der Waals surface area contributed by atoms with Gasteiger partial charge in [-0.3, -0.25) is 0 Å². The highest BCUT2D eigenvalue weighted by Crippen LogP contribution is 2.19. The number of halogens is 2. The van der Waals surface area contributed by atoms with E-state index in [-0.39, 0.29) is 5.69 Å². The molecule has 18 heavy (non-hydrogen) atoms. The number of nitrogens with one attached hydrogen (secondary N) is 2. The monoisotopic (exact) mass is 250 g/mol. The number of hydrogen-bond donors (Lipinski definition) is 2. The molecule has 0 unspecified atom stereocenters. The molecule has 0 fully saturated rings. The topological polar surface area (TPSA) is 49.8 Å². The molecule has 0 saturated heterocycles. The van der Waals surface area contributed by atoms with Gasteiger partial charge in [0.1, 0.15) is 23.3 Å². The van der Waals surface area contributed by atoms with Crippen LogP contribution in [0, 0.1) is 11.6 Å². The Morgan fingerprint density at radius 2 is 2.06 bits per heavy atom. The number of nitrogens with zero attached hydrogens (tertiary/aromatic N) is 2. The van der Waals surface area contributed by atoms with Crippen molar-refractivity contribution in [1.29, 1.82) is 0 Å². The minimum absolute atomic E-state index is 0.172. The fourth-order valence-electron chi connectivity index (χ4n) is 1.44. The second-order valence-corrected chi connectivity index (χ2v) is 3.64. The molecule has 0 bridgehead atoms. The lowest BCUT2D eigenvalue weighted by atomic mass is 10.3. The SMILES string of the molecule is CNCc1nccc(Nc2ccc(F)cc2F)n1. The van der Waals surface area contributed by atoms with Crippen LogP contribution in [0.5, 0.6) is 0 Å². The van der Waals surface area contributed by atoms with Crippen molar-refractivity contribution < 1.29 is 8.78 Å². The predicted octanol–water partition coefficient (Wildman–Crippen LogP) is 2.22. The van der Waals surface area contributed by atoms with Crippen LogP contribution in [0.2, 0.25) is 0 Å². The summed E-state index contributed by atoms with van der Waals surface area (Å²) in [7, 11) is 1.78. The molecule has 6 heteroatoms. The lowest BCUT2D eigenvalue weighted by molar-refractivity contribution is 0.586. The van der Waals surface area contributed by atoms with E-state index in [0.29, 0.717) is 18.2 Å². The zero-order valence-corrected chi connectivity index (χ0v) is 9.74. The molecule has 0 aliphatic rings. The molecule has 0 spiro atoms. The fourth-order valence-corrected chi connectivity index (χ4v) is 1.44. The van der Waals surface area contributed by atoms with E-state index >= 15 is 0 Å². The van der Waals surface area contributed by atoms with Gasteiger partial charge in [0.15, 0.2) is 0 Å². The van der Waals surface area contributed by atoms with E-state index in [9.17, 15) is 8.78 Å². The smallest absolute Gasteiger partial charge is 0.149 e. The number of anilines is 2. The van der Waals surface area contributed by atoms with E-state index < -0.39 is 11.6 Å². The van der Waals surface area contributed by atoms with Gasteiger partial charge in [0, 0.05) is 12.3 Å². The van der Waals surface area contributed by atoms with Crippen molar-refractivity contribution >= 4 is 11.5 Å². The van der Waals surface area contributed by atoms with Crippen molar-refractivity contribution in [3.05, 3.63) is 47.9 Å². The molecule has 0 aliphatic heterocycles. The van der Waals surface area contributed by atoms with Gasteiger partial charge in [0.2, 0.25) is 0 Å². The molecular formula is C12H12F2N4. The molecule has 2 rings (SSSR count). The van der Waals surface area contributed by atoms with Crippen LogP contribution >= 0.6 is 0 Å². The Balaban J connectivity index is 2.20. The summed E-state index contributed by atoms with van der Waals surface area (Å²) >= 11 is 0. The third kappa shape index (κ3) is 2.98. The van der Waals surface area contributed by atoms with Crippen LogP contribution in [0.4, 0.5) is 20.3 Å². The Bertz CT molecular complexity index is 545. The number of rotatable bonds is 4. The third-order valence-corrected chi connectivity index (χ3v) is 2.23. The van der Waals surface area contributed by atoms with Gasteiger partial charge < -0.3 is 10.6 Å². The van der Waals surface area contributed by atoms with Crippen molar-refractivity contribution in [2.75, 3.05) is 12.4 Å². The molecule has 0 aliphatic carbocycles. The second-order valence-electron chi connectivity index (χ2n) is 3.64. The summed E-state index contributed by atoms with van der Waals surface area (Å²) < 4.78 is 26.2. The van der Waals surface area contributed by atoms with Gasteiger partial charge >= 0.3 is 0 Å². The lowest BCUT2D eigenvalue weighted by Crippen LogP contribution is -2.09. The number of benzene rings is 1. The van der Waals surface area contributed by atoms with Gasteiger partial charge in [-0.25, -0.2) is 18.7 Å². The predicted molar refractivity (Wildman–Crippen MR) is 64.4 cm³/mol. The van der Waals surface area contributed by atoms with E-state index in [4.69, 9.17) is 0 Å². The highest BCUT2D eigenvalue weighted by Gasteiger charge is 2.05. The Kier molecular flexibility index (Phi) is 3.78. The quantitative estimate of drug-likeness (QED) is 0.873. The second kappa shape index (κ2) is 5.50. The van der Waals surface area contributed by atoms with Gasteiger partial charge in [-0.2, -0.15) is 0 Å². The fraction of sp³-hybridized carbons (Fsp3) is 0.167. The van der Waals surface area contributed by atoms with Gasteiger partial charge in [-0.1, -0.05) is 0 Å². The van der Waals surface area contributed by atoms with E-state index in [0.717, 1.165) is 6.07 Å². The van der Waals surface area contributed by atoms with Gasteiger partial charge in [-0.15, -0.1) is 0 Å². The molecule has 94 valence electrons. The summed E-state index contributed by atoms with van der Waals surface area (Å²) in [5.74, 6) is -0.230. The lowest BCUT2D eigenvalue weighted by Gasteiger charge is -2.07. The molecule has 1 heterocycles. The molecule has 0 amide bonds. The van der Waals surface area contributed by atoms with Gasteiger partial charge in [-0.05, 0) is 25.2 Å². The Morgan fingerprint density at radius 3 is 2.78 bits per heavy atom. The number of aromatic nitrogens is 2. The van der Waals surface area contributed by atoms with E-state index in [1.54, 1.807) is 19.3 Å². The normalized spacial score (nSPS) is 10.4. The average Bonchev–Trinajstić information content (AvgIpc) is 2.34. The molecule has 0 radical (unpaired) electrons.